The number of unbranched alkanes of at least 4 members (excludes halogenated alkanes) is 1. The number of aromatic nitrogens is 2. The van der Waals surface area contributed by atoms with Gasteiger partial charge in [0.25, 0.3) is 0 Å². The van der Waals surface area contributed by atoms with Crippen LogP contribution in [-0.2, 0) is 43.2 Å². The molecular formula is C40H49N9O5. The summed E-state index contributed by atoms with van der Waals surface area (Å²) in [5, 5.41) is 12.8. The number of para-hydroxylation sites is 2. The summed E-state index contributed by atoms with van der Waals surface area (Å²) < 4.78 is 0. The number of amides is 5. The fourth-order valence-corrected chi connectivity index (χ4v) is 6.42. The van der Waals surface area contributed by atoms with Gasteiger partial charge in [0.2, 0.25) is 29.5 Å². The molecule has 0 aliphatic heterocycles. The highest BCUT2D eigenvalue weighted by Gasteiger charge is 2.31. The molecule has 0 saturated carbocycles. The Morgan fingerprint density at radius 3 is 1.72 bits per heavy atom. The third-order valence-electron chi connectivity index (χ3n) is 9.46. The molecule has 2 heterocycles. The van der Waals surface area contributed by atoms with Gasteiger partial charge in [-0.05, 0) is 68.0 Å². The molecule has 12 N–H and O–H groups in total. The molecule has 0 aliphatic carbocycles. The van der Waals surface area contributed by atoms with Crippen molar-refractivity contribution < 1.29 is 24.0 Å². The second-order valence-electron chi connectivity index (χ2n) is 13.5. The Balaban J connectivity index is 1.33. The summed E-state index contributed by atoms with van der Waals surface area (Å²) in [5.41, 5.74) is 21.6. The van der Waals surface area contributed by atoms with Gasteiger partial charge in [-0.25, -0.2) is 0 Å². The van der Waals surface area contributed by atoms with Gasteiger partial charge in [-0.3, -0.25) is 24.0 Å². The van der Waals surface area contributed by atoms with Crippen molar-refractivity contribution in [3.8, 4) is 0 Å². The number of fused-ring (bicyclic) bond motifs is 2. The number of aromatic amines is 2. The molecule has 0 saturated heterocycles. The predicted molar refractivity (Wildman–Crippen MR) is 208 cm³/mol. The molecule has 5 amide bonds. The highest BCUT2D eigenvalue weighted by atomic mass is 16.2. The lowest BCUT2D eigenvalue weighted by Crippen LogP contribution is -2.59. The zero-order chi connectivity index (χ0) is 38.6. The number of carbonyl (C=O) groups is 5. The summed E-state index contributed by atoms with van der Waals surface area (Å²) in [5.74, 6) is -3.10. The van der Waals surface area contributed by atoms with E-state index in [1.807, 2.05) is 85.1 Å². The molecule has 284 valence electrons. The standard InChI is InChI=1S/C40H49N9O5/c1-24(46-38(52)30(42)20-26-22-44-31-15-7-5-13-28(26)31)37(51)48-35(21-27-23-45-32-16-8-6-14-29(27)32)40(54)49-34(19-25-11-3-2-4-12-25)39(53)47-33(36(43)50)17-9-10-18-41/h2-8,11-16,22-24,30,33-35,44-45H,9-10,17-21,41-42H2,1H3,(H2,43,50)(H,46,52)(H,47,53)(H,48,51)(H,49,54)/t24-,30-,33-,34+,35-/m0/s1. The van der Waals surface area contributed by atoms with Crippen molar-refractivity contribution in [1.29, 1.82) is 0 Å². The van der Waals surface area contributed by atoms with Gasteiger partial charge in [0.15, 0.2) is 0 Å². The number of nitrogens with two attached hydrogens (primary N) is 3. The van der Waals surface area contributed by atoms with Gasteiger partial charge in [-0.15, -0.1) is 0 Å². The Morgan fingerprint density at radius 1 is 0.611 bits per heavy atom. The lowest BCUT2D eigenvalue weighted by atomic mass is 10.0. The van der Waals surface area contributed by atoms with Crippen molar-refractivity contribution in [3.63, 3.8) is 0 Å². The van der Waals surface area contributed by atoms with Crippen LogP contribution in [0.2, 0.25) is 0 Å². The van der Waals surface area contributed by atoms with E-state index < -0.39 is 59.7 Å². The largest absolute Gasteiger partial charge is 0.368 e. The minimum atomic E-state index is -1.17. The lowest BCUT2D eigenvalue weighted by molar-refractivity contribution is -0.134. The van der Waals surface area contributed by atoms with Crippen molar-refractivity contribution in [2.45, 2.75) is 75.7 Å². The maximum Gasteiger partial charge on any atom is 0.243 e. The van der Waals surface area contributed by atoms with E-state index in [2.05, 4.69) is 31.2 Å². The Morgan fingerprint density at radius 2 is 1.13 bits per heavy atom. The average Bonchev–Trinajstić information content (AvgIpc) is 3.77. The van der Waals surface area contributed by atoms with Gasteiger partial charge < -0.3 is 48.4 Å². The second kappa shape index (κ2) is 18.7. The van der Waals surface area contributed by atoms with Crippen LogP contribution in [0, 0.1) is 0 Å². The molecule has 54 heavy (non-hydrogen) atoms. The molecule has 0 radical (unpaired) electrons. The van der Waals surface area contributed by atoms with Crippen LogP contribution in [0.25, 0.3) is 21.8 Å². The Kier molecular flexibility index (Phi) is 13.6. The van der Waals surface area contributed by atoms with Crippen molar-refractivity contribution in [3.05, 3.63) is 108 Å². The highest BCUT2D eigenvalue weighted by Crippen LogP contribution is 2.20. The molecule has 3 aromatic carbocycles. The maximum atomic E-state index is 14.2. The third kappa shape index (κ3) is 10.3. The first-order chi connectivity index (χ1) is 26.0. The maximum absolute atomic E-state index is 14.2. The molecule has 2 aromatic heterocycles. The monoisotopic (exact) mass is 735 g/mol. The van der Waals surface area contributed by atoms with Crippen molar-refractivity contribution in [1.82, 2.24) is 31.2 Å². The molecule has 0 fully saturated rings. The third-order valence-corrected chi connectivity index (χ3v) is 9.46. The number of hydrogen-bond acceptors (Lipinski definition) is 7. The SMILES string of the molecule is C[C@H](NC(=O)[C@@H](N)Cc1c[nH]c2ccccc12)C(=O)N[C@@H](Cc1c[nH]c2ccccc12)C(=O)N[C@H](Cc1ccccc1)C(=O)N[C@@H](CCCCN)C(N)=O. The van der Waals surface area contributed by atoms with Crippen LogP contribution in [0.1, 0.15) is 42.9 Å². The van der Waals surface area contributed by atoms with Crippen LogP contribution in [0.5, 0.6) is 0 Å². The lowest BCUT2D eigenvalue weighted by Gasteiger charge is -2.26. The summed E-state index contributed by atoms with van der Waals surface area (Å²) in [7, 11) is 0. The van der Waals surface area contributed by atoms with Crippen LogP contribution < -0.4 is 38.5 Å². The summed E-state index contributed by atoms with van der Waals surface area (Å²) in [6, 6.07) is 19.1. The first-order valence-corrected chi connectivity index (χ1v) is 18.1. The molecule has 5 atom stereocenters. The zero-order valence-corrected chi connectivity index (χ0v) is 30.3. The van der Waals surface area contributed by atoms with E-state index >= 15 is 0 Å². The first kappa shape index (κ1) is 39.2. The van der Waals surface area contributed by atoms with Gasteiger partial charge in [-0.1, -0.05) is 66.7 Å². The zero-order valence-electron chi connectivity index (χ0n) is 30.3. The number of primary amides is 1. The number of hydrogen-bond donors (Lipinski definition) is 9. The normalized spacial score (nSPS) is 14.1. The van der Waals surface area contributed by atoms with E-state index in [1.54, 1.807) is 6.20 Å². The molecular weight excluding hydrogens is 686 g/mol. The number of H-pyrrole nitrogens is 2. The second-order valence-corrected chi connectivity index (χ2v) is 13.5. The molecule has 0 bridgehead atoms. The van der Waals surface area contributed by atoms with Gasteiger partial charge in [0.05, 0.1) is 6.04 Å². The summed E-state index contributed by atoms with van der Waals surface area (Å²) >= 11 is 0. The van der Waals surface area contributed by atoms with Crippen LogP contribution in [0.15, 0.2) is 91.3 Å². The molecule has 5 aromatic rings. The number of carbonyl (C=O) groups excluding carboxylic acids is 5. The number of nitrogens with one attached hydrogen (secondary N) is 6. The molecule has 0 aliphatic rings. The Hall–Kier alpha value is -5.99. The van der Waals surface area contributed by atoms with Gasteiger partial charge >= 0.3 is 0 Å². The van der Waals surface area contributed by atoms with Crippen LogP contribution >= 0.6 is 0 Å². The van der Waals surface area contributed by atoms with E-state index in [1.165, 1.54) is 6.92 Å². The highest BCUT2D eigenvalue weighted by molar-refractivity contribution is 5.96. The first-order valence-electron chi connectivity index (χ1n) is 18.1. The van der Waals surface area contributed by atoms with Gasteiger partial charge in [0.1, 0.15) is 24.2 Å². The summed E-state index contributed by atoms with van der Waals surface area (Å²) in [6.45, 7) is 1.93. The minimum Gasteiger partial charge on any atom is -0.368 e. The molecule has 14 nitrogen and oxygen atoms in total. The quantitative estimate of drug-likeness (QED) is 0.0567. The topological polar surface area (TPSA) is 243 Å². The Bertz CT molecular complexity index is 2060. The van der Waals surface area contributed by atoms with Crippen LogP contribution in [-0.4, -0.2) is 76.3 Å². The van der Waals surface area contributed by atoms with Gasteiger partial charge in [-0.2, -0.15) is 0 Å². The summed E-state index contributed by atoms with van der Waals surface area (Å²) in [6.07, 6.45) is 5.48. The van der Waals surface area contributed by atoms with E-state index in [4.69, 9.17) is 17.2 Å². The van der Waals surface area contributed by atoms with E-state index in [-0.39, 0.29) is 19.3 Å². The van der Waals surface area contributed by atoms with Crippen molar-refractivity contribution in [2.24, 2.45) is 17.2 Å². The smallest absolute Gasteiger partial charge is 0.243 e. The van der Waals surface area contributed by atoms with Crippen LogP contribution in [0.4, 0.5) is 0 Å². The fourth-order valence-electron chi connectivity index (χ4n) is 6.42. The van der Waals surface area contributed by atoms with Gasteiger partial charge in [0, 0.05) is 47.0 Å². The Labute approximate surface area is 313 Å². The minimum absolute atomic E-state index is 0.0605. The molecule has 5 rings (SSSR count). The van der Waals surface area contributed by atoms with Crippen molar-refractivity contribution in [2.75, 3.05) is 6.54 Å². The number of rotatable bonds is 19. The predicted octanol–water partition coefficient (Wildman–Crippen LogP) is 1.58. The van der Waals surface area contributed by atoms with Crippen LogP contribution in [0.3, 0.4) is 0 Å². The van der Waals surface area contributed by atoms with E-state index in [0.29, 0.717) is 25.8 Å². The molecule has 0 spiro atoms. The van der Waals surface area contributed by atoms with E-state index in [0.717, 1.165) is 38.5 Å². The average molecular weight is 736 g/mol. The molecule has 14 heteroatoms. The summed E-state index contributed by atoms with van der Waals surface area (Å²) in [4.78, 5) is 73.4. The number of benzene rings is 3. The van der Waals surface area contributed by atoms with Crippen molar-refractivity contribution >= 4 is 51.3 Å². The van der Waals surface area contributed by atoms with E-state index in [9.17, 15) is 24.0 Å². The fraction of sp³-hybridized carbons (Fsp3) is 0.325. The molecule has 0 unspecified atom stereocenters.